The molecule has 3 aromatic carbocycles. The number of hydrogen-bond donors (Lipinski definition) is 1. The molecule has 0 bridgehead atoms. The summed E-state index contributed by atoms with van der Waals surface area (Å²) < 4.78 is 3.53. The molecule has 1 amide bonds. The number of halogens is 3. The summed E-state index contributed by atoms with van der Waals surface area (Å²) in [5, 5.41) is 7.92. The van der Waals surface area contributed by atoms with E-state index in [1.807, 2.05) is 61.5 Å². The highest BCUT2D eigenvalue weighted by atomic mass is 79.9. The number of rotatable bonds is 4. The van der Waals surface area contributed by atoms with Crippen molar-refractivity contribution < 1.29 is 4.79 Å². The molecule has 0 aliphatic carbocycles. The van der Waals surface area contributed by atoms with Crippen LogP contribution in [-0.2, 0) is 0 Å². The zero-order valence-corrected chi connectivity index (χ0v) is 19.7. The van der Waals surface area contributed by atoms with E-state index in [1.54, 1.807) is 16.8 Å². The summed E-state index contributed by atoms with van der Waals surface area (Å²) in [4.78, 5) is 17.4. The van der Waals surface area contributed by atoms with E-state index >= 15 is 0 Å². The van der Waals surface area contributed by atoms with Crippen LogP contribution in [-0.4, -0.2) is 20.7 Å². The summed E-state index contributed by atoms with van der Waals surface area (Å²) in [6, 6.07) is 20.5. The van der Waals surface area contributed by atoms with E-state index in [-0.39, 0.29) is 5.82 Å². The zero-order valence-electron chi connectivity index (χ0n) is 15.7. The normalized spacial score (nSPS) is 10.8. The van der Waals surface area contributed by atoms with Crippen LogP contribution in [0.15, 0.2) is 75.7 Å². The molecule has 0 saturated heterocycles. The second kappa shape index (κ2) is 8.71. The van der Waals surface area contributed by atoms with Crippen LogP contribution in [0.2, 0.25) is 5.02 Å². The number of hydrogen-bond acceptors (Lipinski definition) is 3. The van der Waals surface area contributed by atoms with Crippen molar-refractivity contribution in [3.8, 4) is 17.1 Å². The Balaban J connectivity index is 1.79. The fourth-order valence-electron chi connectivity index (χ4n) is 2.89. The van der Waals surface area contributed by atoms with Gasteiger partial charge in [0, 0.05) is 25.2 Å². The molecule has 1 N–H and O–H groups in total. The molecule has 0 fully saturated rings. The van der Waals surface area contributed by atoms with Crippen molar-refractivity contribution in [3.63, 3.8) is 0 Å². The van der Waals surface area contributed by atoms with Gasteiger partial charge in [-0.25, -0.2) is 9.67 Å². The minimum absolute atomic E-state index is 0.0650. The van der Waals surface area contributed by atoms with E-state index < -0.39 is 5.91 Å². The number of benzene rings is 3. The van der Waals surface area contributed by atoms with Crippen LogP contribution >= 0.6 is 43.5 Å². The molecule has 0 aliphatic rings. The smallest absolute Gasteiger partial charge is 0.295 e. The van der Waals surface area contributed by atoms with Gasteiger partial charge in [-0.15, -0.1) is 5.10 Å². The van der Waals surface area contributed by atoms with Crippen LogP contribution in [0.25, 0.3) is 17.1 Å². The molecule has 8 heteroatoms. The number of anilines is 1. The standard InChI is InChI=1S/C22H15Br2ClN4O/c1-13-2-9-17(25)12-19(13)29-21(14-3-5-15(23)6-4-14)27-20(28-29)22(30)26-18-10-7-16(24)8-11-18/h2-12H,1H3,(H,26,30). The molecule has 0 unspecified atom stereocenters. The highest BCUT2D eigenvalue weighted by Gasteiger charge is 2.20. The van der Waals surface area contributed by atoms with E-state index in [1.165, 1.54) is 0 Å². The Bertz CT molecular complexity index is 1220. The lowest BCUT2D eigenvalue weighted by Crippen LogP contribution is -2.14. The molecule has 0 radical (unpaired) electrons. The topological polar surface area (TPSA) is 59.8 Å². The number of aromatic nitrogens is 3. The first-order chi connectivity index (χ1) is 14.4. The monoisotopic (exact) mass is 544 g/mol. The predicted octanol–water partition coefficient (Wildman–Crippen LogP) is 6.67. The van der Waals surface area contributed by atoms with Gasteiger partial charge >= 0.3 is 0 Å². The SMILES string of the molecule is Cc1ccc(Cl)cc1-n1nc(C(=O)Nc2ccc(Br)cc2)nc1-c1ccc(Br)cc1. The minimum atomic E-state index is -0.394. The molecule has 150 valence electrons. The Morgan fingerprint density at radius 3 is 2.27 bits per heavy atom. The maximum Gasteiger partial charge on any atom is 0.295 e. The van der Waals surface area contributed by atoms with Crippen molar-refractivity contribution in [3.05, 3.63) is 92.1 Å². The Hall–Kier alpha value is -2.48. The number of carbonyl (C=O) groups excluding carboxylic acids is 1. The van der Waals surface area contributed by atoms with Gasteiger partial charge in [0.1, 0.15) is 0 Å². The zero-order chi connectivity index (χ0) is 21.3. The van der Waals surface area contributed by atoms with Crippen LogP contribution in [0, 0.1) is 6.92 Å². The van der Waals surface area contributed by atoms with E-state index in [9.17, 15) is 4.79 Å². The van der Waals surface area contributed by atoms with Gasteiger partial charge < -0.3 is 5.32 Å². The van der Waals surface area contributed by atoms with Crippen molar-refractivity contribution in [1.82, 2.24) is 14.8 Å². The number of amides is 1. The maximum absolute atomic E-state index is 12.8. The molecule has 0 aliphatic heterocycles. The quantitative estimate of drug-likeness (QED) is 0.311. The Morgan fingerprint density at radius 2 is 1.60 bits per heavy atom. The Morgan fingerprint density at radius 1 is 0.967 bits per heavy atom. The average Bonchev–Trinajstić information content (AvgIpc) is 3.17. The predicted molar refractivity (Wildman–Crippen MR) is 126 cm³/mol. The first-order valence-corrected chi connectivity index (χ1v) is 10.9. The van der Waals surface area contributed by atoms with Gasteiger partial charge in [0.15, 0.2) is 5.82 Å². The molecule has 0 atom stereocenters. The first kappa shape index (κ1) is 20.8. The van der Waals surface area contributed by atoms with Crippen LogP contribution < -0.4 is 5.32 Å². The molecular weight excluding hydrogens is 532 g/mol. The molecule has 4 aromatic rings. The van der Waals surface area contributed by atoms with Crippen LogP contribution in [0.3, 0.4) is 0 Å². The van der Waals surface area contributed by atoms with E-state index in [2.05, 4.69) is 47.3 Å². The highest BCUT2D eigenvalue weighted by Crippen LogP contribution is 2.27. The van der Waals surface area contributed by atoms with Gasteiger partial charge in [0.05, 0.1) is 5.69 Å². The second-order valence-electron chi connectivity index (χ2n) is 6.57. The number of aryl methyl sites for hydroxylation is 1. The third-order valence-corrected chi connectivity index (χ3v) is 5.71. The van der Waals surface area contributed by atoms with Crippen LogP contribution in [0.5, 0.6) is 0 Å². The summed E-state index contributed by atoms with van der Waals surface area (Å²) in [5.41, 5.74) is 3.20. The van der Waals surface area contributed by atoms with Gasteiger partial charge in [-0.2, -0.15) is 0 Å². The molecule has 1 heterocycles. The third kappa shape index (κ3) is 4.48. The second-order valence-corrected chi connectivity index (χ2v) is 8.84. The summed E-state index contributed by atoms with van der Waals surface area (Å²) in [5.74, 6) is 0.221. The van der Waals surface area contributed by atoms with Gasteiger partial charge in [0.25, 0.3) is 5.91 Å². The fourth-order valence-corrected chi connectivity index (χ4v) is 3.59. The summed E-state index contributed by atoms with van der Waals surface area (Å²) in [6.07, 6.45) is 0. The van der Waals surface area contributed by atoms with Crippen molar-refractivity contribution in [1.29, 1.82) is 0 Å². The van der Waals surface area contributed by atoms with Crippen molar-refractivity contribution >= 4 is 55.1 Å². The molecule has 5 nitrogen and oxygen atoms in total. The third-order valence-electron chi connectivity index (χ3n) is 4.41. The lowest BCUT2D eigenvalue weighted by Gasteiger charge is -2.09. The number of carbonyl (C=O) groups is 1. The fraction of sp³-hybridized carbons (Fsp3) is 0.0455. The average molecular weight is 547 g/mol. The minimum Gasteiger partial charge on any atom is -0.319 e. The van der Waals surface area contributed by atoms with Crippen molar-refractivity contribution in [2.24, 2.45) is 0 Å². The summed E-state index contributed by atoms with van der Waals surface area (Å²) in [6.45, 7) is 1.96. The van der Waals surface area contributed by atoms with Crippen LogP contribution in [0.1, 0.15) is 16.2 Å². The summed E-state index contributed by atoms with van der Waals surface area (Å²) in [7, 11) is 0. The molecule has 4 rings (SSSR count). The Kier molecular flexibility index (Phi) is 6.04. The summed E-state index contributed by atoms with van der Waals surface area (Å²) >= 11 is 13.1. The largest absolute Gasteiger partial charge is 0.319 e. The number of nitrogens with one attached hydrogen (secondary N) is 1. The molecule has 0 spiro atoms. The van der Waals surface area contributed by atoms with Crippen molar-refractivity contribution in [2.45, 2.75) is 6.92 Å². The number of nitrogens with zero attached hydrogens (tertiary/aromatic N) is 3. The van der Waals surface area contributed by atoms with E-state index in [4.69, 9.17) is 11.6 Å². The van der Waals surface area contributed by atoms with Gasteiger partial charge in [0.2, 0.25) is 5.82 Å². The van der Waals surface area contributed by atoms with Crippen molar-refractivity contribution in [2.75, 3.05) is 5.32 Å². The lowest BCUT2D eigenvalue weighted by molar-refractivity contribution is 0.101. The van der Waals surface area contributed by atoms with Crippen LogP contribution in [0.4, 0.5) is 5.69 Å². The molecule has 0 saturated carbocycles. The van der Waals surface area contributed by atoms with E-state index in [0.717, 1.165) is 25.8 Å². The first-order valence-electron chi connectivity index (χ1n) is 8.97. The van der Waals surface area contributed by atoms with Gasteiger partial charge in [-0.3, -0.25) is 4.79 Å². The molecule has 1 aromatic heterocycles. The molecular formula is C22H15Br2ClN4O. The lowest BCUT2D eigenvalue weighted by atomic mass is 10.2. The van der Waals surface area contributed by atoms with Gasteiger partial charge in [-0.1, -0.05) is 61.7 Å². The molecule has 30 heavy (non-hydrogen) atoms. The highest BCUT2D eigenvalue weighted by molar-refractivity contribution is 9.10. The van der Waals surface area contributed by atoms with Gasteiger partial charge in [-0.05, 0) is 61.0 Å². The van der Waals surface area contributed by atoms with E-state index in [0.29, 0.717) is 16.5 Å². The maximum atomic E-state index is 12.8. The Labute approximate surface area is 195 Å².